The van der Waals surface area contributed by atoms with E-state index in [1.54, 1.807) is 0 Å². The molecule has 1 N–H and O–H groups in total. The van der Waals surface area contributed by atoms with Crippen LogP contribution in [-0.2, 0) is 0 Å². The average Bonchev–Trinajstić information content (AvgIpc) is 1.66. The van der Waals surface area contributed by atoms with Crippen LogP contribution in [0.4, 0.5) is 8.78 Å². The summed E-state index contributed by atoms with van der Waals surface area (Å²) < 4.78 is 22.5. The van der Waals surface area contributed by atoms with Gasteiger partial charge in [0.1, 0.15) is 0 Å². The van der Waals surface area contributed by atoms with Gasteiger partial charge >= 0.3 is 0 Å². The third-order valence-corrected chi connectivity index (χ3v) is 1.32. The van der Waals surface area contributed by atoms with Crippen molar-refractivity contribution in [3.05, 3.63) is 0 Å². The first-order valence-electron chi connectivity index (χ1n) is 2.28. The van der Waals surface area contributed by atoms with Gasteiger partial charge in [0.05, 0.1) is 0 Å². The highest BCUT2D eigenvalue weighted by Gasteiger charge is 1.99. The van der Waals surface area contributed by atoms with Crippen LogP contribution in [0, 0.1) is 0 Å². The summed E-state index contributed by atoms with van der Waals surface area (Å²) >= 11 is 0.562. The lowest BCUT2D eigenvalue weighted by Crippen LogP contribution is -1.89. The van der Waals surface area contributed by atoms with Crippen molar-refractivity contribution in [2.24, 2.45) is 0 Å². The highest BCUT2D eigenvalue weighted by Crippen LogP contribution is 2.13. The van der Waals surface area contributed by atoms with Crippen LogP contribution in [0.15, 0.2) is 0 Å². The quantitative estimate of drug-likeness (QED) is 0.597. The second kappa shape index (κ2) is 5.31. The molecule has 0 radical (unpaired) electrons. The molecule has 0 atom stereocenters. The van der Waals surface area contributed by atoms with Gasteiger partial charge in [0.2, 0.25) is 0 Å². The summed E-state index contributed by atoms with van der Waals surface area (Å²) in [6.45, 7) is -0.000278. The third-order valence-electron chi connectivity index (χ3n) is 0.546. The molecular formula is C4H8F2OS. The van der Waals surface area contributed by atoms with Gasteiger partial charge in [-0.1, -0.05) is 11.8 Å². The molecule has 0 unspecified atom stereocenters. The van der Waals surface area contributed by atoms with Crippen LogP contribution in [0.1, 0.15) is 6.42 Å². The van der Waals surface area contributed by atoms with Crippen molar-refractivity contribution in [2.45, 2.75) is 12.2 Å². The maximum absolute atomic E-state index is 11.2. The Morgan fingerprint density at radius 1 is 1.50 bits per heavy atom. The molecule has 0 bridgehead atoms. The average molecular weight is 142 g/mol. The van der Waals surface area contributed by atoms with Gasteiger partial charge in [-0.15, -0.1) is 0 Å². The second-order valence-electron chi connectivity index (χ2n) is 1.21. The molecule has 50 valence electrons. The number of hydrogen-bond acceptors (Lipinski definition) is 2. The number of rotatable bonds is 4. The molecule has 1 nitrogen and oxygen atoms in total. The fourth-order valence-corrected chi connectivity index (χ4v) is 0.711. The topological polar surface area (TPSA) is 20.2 Å². The summed E-state index contributed by atoms with van der Waals surface area (Å²) in [6, 6.07) is 0. The van der Waals surface area contributed by atoms with Crippen molar-refractivity contribution >= 4 is 11.8 Å². The largest absolute Gasteiger partial charge is 0.396 e. The first-order chi connectivity index (χ1) is 3.77. The van der Waals surface area contributed by atoms with Crippen LogP contribution >= 0.6 is 11.8 Å². The minimum absolute atomic E-state index is 0.000278. The van der Waals surface area contributed by atoms with E-state index in [4.69, 9.17) is 5.11 Å². The second-order valence-corrected chi connectivity index (χ2v) is 2.31. The molecule has 0 aliphatic heterocycles. The van der Waals surface area contributed by atoms with E-state index in [-0.39, 0.29) is 6.61 Å². The number of aliphatic hydroxyl groups is 1. The Morgan fingerprint density at radius 2 is 2.12 bits per heavy atom. The molecule has 0 heterocycles. The molecule has 0 saturated heterocycles. The van der Waals surface area contributed by atoms with Crippen LogP contribution in [-0.4, -0.2) is 23.2 Å². The fourth-order valence-electron chi connectivity index (χ4n) is 0.237. The van der Waals surface area contributed by atoms with Gasteiger partial charge in [-0.2, -0.15) is 8.78 Å². The Bertz CT molecular complexity index is 51.3. The lowest BCUT2D eigenvalue weighted by atomic mass is 10.5. The normalized spacial score (nSPS) is 10.5. The van der Waals surface area contributed by atoms with Gasteiger partial charge in [-0.25, -0.2) is 0 Å². The number of alkyl halides is 2. The zero-order valence-electron chi connectivity index (χ0n) is 4.31. The molecule has 0 spiro atoms. The molecule has 0 amide bonds. The smallest absolute Gasteiger partial charge is 0.284 e. The van der Waals surface area contributed by atoms with Crippen molar-refractivity contribution in [3.63, 3.8) is 0 Å². The van der Waals surface area contributed by atoms with Crippen LogP contribution < -0.4 is 0 Å². The van der Waals surface area contributed by atoms with Crippen molar-refractivity contribution < 1.29 is 13.9 Å². The first-order valence-corrected chi connectivity index (χ1v) is 3.33. The minimum Gasteiger partial charge on any atom is -0.396 e. The van der Waals surface area contributed by atoms with Crippen molar-refractivity contribution in [1.29, 1.82) is 0 Å². The van der Waals surface area contributed by atoms with Gasteiger partial charge in [0, 0.05) is 12.4 Å². The summed E-state index contributed by atoms with van der Waals surface area (Å²) in [5.74, 6) is -1.95. The van der Waals surface area contributed by atoms with Gasteiger partial charge in [0.15, 0.2) is 0 Å². The SMILES string of the molecule is OCCCSC(F)F. The number of halogens is 2. The molecule has 0 aromatic carbocycles. The van der Waals surface area contributed by atoms with Gasteiger partial charge in [0.25, 0.3) is 5.76 Å². The molecular weight excluding hydrogens is 134 g/mol. The number of hydrogen-bond donors (Lipinski definition) is 1. The molecule has 0 aromatic rings. The summed E-state index contributed by atoms with van der Waals surface area (Å²) in [7, 11) is 0. The Labute approximate surface area is 51.1 Å². The predicted molar refractivity (Wildman–Crippen MR) is 30.2 cm³/mol. The van der Waals surface area contributed by atoms with E-state index in [0.29, 0.717) is 23.9 Å². The molecule has 8 heavy (non-hydrogen) atoms. The highest BCUT2D eigenvalue weighted by molar-refractivity contribution is 7.99. The van der Waals surface area contributed by atoms with E-state index < -0.39 is 5.76 Å². The van der Waals surface area contributed by atoms with E-state index in [2.05, 4.69) is 0 Å². The van der Waals surface area contributed by atoms with Crippen molar-refractivity contribution in [3.8, 4) is 0 Å². The van der Waals surface area contributed by atoms with Crippen LogP contribution in [0.3, 0.4) is 0 Å². The van der Waals surface area contributed by atoms with Crippen molar-refractivity contribution in [2.75, 3.05) is 12.4 Å². The predicted octanol–water partition coefficient (Wildman–Crippen LogP) is 1.32. The molecule has 0 saturated carbocycles. The lowest BCUT2D eigenvalue weighted by Gasteiger charge is -1.94. The lowest BCUT2D eigenvalue weighted by molar-refractivity contribution is 0.251. The van der Waals surface area contributed by atoms with Gasteiger partial charge < -0.3 is 5.11 Å². The van der Waals surface area contributed by atoms with Crippen molar-refractivity contribution in [1.82, 2.24) is 0 Å². The standard InChI is InChI=1S/C4H8F2OS/c5-4(6)8-3-1-2-7/h4,7H,1-3H2. The molecule has 4 heteroatoms. The Kier molecular flexibility index (Phi) is 5.42. The molecule has 0 aromatic heterocycles. The van der Waals surface area contributed by atoms with Gasteiger partial charge in [-0.05, 0) is 6.42 Å². The Balaban J connectivity index is 2.72. The molecule has 0 rings (SSSR count). The Hall–Kier alpha value is 0.170. The fraction of sp³-hybridized carbons (Fsp3) is 1.00. The minimum atomic E-state index is -2.29. The molecule has 0 fully saturated rings. The summed E-state index contributed by atoms with van der Waals surface area (Å²) in [5.41, 5.74) is 0. The monoisotopic (exact) mass is 142 g/mol. The van der Waals surface area contributed by atoms with E-state index >= 15 is 0 Å². The molecule has 0 aliphatic rings. The summed E-state index contributed by atoms with van der Waals surface area (Å²) in [4.78, 5) is 0. The summed E-state index contributed by atoms with van der Waals surface area (Å²) in [5, 5.41) is 8.12. The van der Waals surface area contributed by atoms with Crippen LogP contribution in [0.5, 0.6) is 0 Å². The first kappa shape index (κ1) is 8.17. The molecule has 0 aliphatic carbocycles. The zero-order valence-corrected chi connectivity index (χ0v) is 5.13. The number of thioether (sulfide) groups is 1. The van der Waals surface area contributed by atoms with Crippen LogP contribution in [0.2, 0.25) is 0 Å². The van der Waals surface area contributed by atoms with Gasteiger partial charge in [-0.3, -0.25) is 0 Å². The Morgan fingerprint density at radius 3 is 2.50 bits per heavy atom. The highest BCUT2D eigenvalue weighted by atomic mass is 32.2. The summed E-state index contributed by atoms with van der Waals surface area (Å²) in [6.07, 6.45) is 0.453. The van der Waals surface area contributed by atoms with E-state index in [1.807, 2.05) is 0 Å². The maximum atomic E-state index is 11.2. The third kappa shape index (κ3) is 6.17. The van der Waals surface area contributed by atoms with E-state index in [1.165, 1.54) is 0 Å². The van der Waals surface area contributed by atoms with E-state index in [9.17, 15) is 8.78 Å². The zero-order chi connectivity index (χ0) is 6.41. The van der Waals surface area contributed by atoms with E-state index in [0.717, 1.165) is 0 Å². The number of aliphatic hydroxyl groups excluding tert-OH is 1. The maximum Gasteiger partial charge on any atom is 0.284 e. The van der Waals surface area contributed by atoms with Crippen LogP contribution in [0.25, 0.3) is 0 Å².